The van der Waals surface area contributed by atoms with Gasteiger partial charge < -0.3 is 20.9 Å². The molecule has 0 bridgehead atoms. The van der Waals surface area contributed by atoms with Crippen LogP contribution in [0.2, 0.25) is 0 Å². The third-order valence-electron chi connectivity index (χ3n) is 4.83. The summed E-state index contributed by atoms with van der Waals surface area (Å²) in [5, 5.41) is 10.5. The van der Waals surface area contributed by atoms with Crippen LogP contribution in [0, 0.1) is 6.92 Å². The molecule has 166 valence electrons. The number of likely N-dealkylation sites (N-methyl/N-ethyl adjacent to an activating group) is 1. The van der Waals surface area contributed by atoms with Crippen molar-refractivity contribution in [2.24, 2.45) is 0 Å². The molecule has 0 fully saturated rings. The smallest absolute Gasteiger partial charge is 0.243 e. The van der Waals surface area contributed by atoms with Gasteiger partial charge >= 0.3 is 0 Å². The van der Waals surface area contributed by atoms with E-state index >= 15 is 0 Å². The molecule has 2 amide bonds. The van der Waals surface area contributed by atoms with Crippen LogP contribution >= 0.6 is 22.7 Å². The molecule has 2 heterocycles. The van der Waals surface area contributed by atoms with Gasteiger partial charge in [-0.25, -0.2) is 9.97 Å². The number of anilines is 2. The second-order valence-corrected chi connectivity index (χ2v) is 9.65. The molecule has 0 aliphatic heterocycles. The van der Waals surface area contributed by atoms with Crippen LogP contribution in [0.1, 0.15) is 10.6 Å². The predicted octanol–water partition coefficient (Wildman–Crippen LogP) is 3.44. The van der Waals surface area contributed by atoms with Crippen LogP contribution in [-0.4, -0.2) is 53.9 Å². The second-order valence-electron chi connectivity index (χ2n) is 7.42. The lowest BCUT2D eigenvalue weighted by Gasteiger charge is -2.17. The fourth-order valence-corrected chi connectivity index (χ4v) is 5.22. The van der Waals surface area contributed by atoms with Crippen LogP contribution in [0.4, 0.5) is 10.8 Å². The molecule has 0 saturated carbocycles. The van der Waals surface area contributed by atoms with Crippen LogP contribution in [0.15, 0.2) is 36.4 Å². The van der Waals surface area contributed by atoms with Crippen molar-refractivity contribution >= 4 is 66.2 Å². The van der Waals surface area contributed by atoms with Gasteiger partial charge in [0.1, 0.15) is 5.52 Å². The number of nitrogens with one attached hydrogen (secondary N) is 3. The van der Waals surface area contributed by atoms with E-state index in [1.807, 2.05) is 31.2 Å². The molecular weight excluding hydrogens is 444 g/mol. The van der Waals surface area contributed by atoms with Gasteiger partial charge in [-0.2, -0.15) is 0 Å². The summed E-state index contributed by atoms with van der Waals surface area (Å²) in [6, 6.07) is 11.9. The number of thiazole rings is 2. The number of hydrogen-bond acceptors (Lipinski definition) is 8. The van der Waals surface area contributed by atoms with Crippen LogP contribution in [-0.2, 0) is 16.1 Å². The number of aryl methyl sites for hydroxylation is 1. The van der Waals surface area contributed by atoms with Gasteiger partial charge in [0.2, 0.25) is 12.3 Å². The minimum absolute atomic E-state index is 0.0378. The van der Waals surface area contributed by atoms with E-state index in [-0.39, 0.29) is 12.5 Å². The molecule has 0 aliphatic rings. The number of fused-ring (bicyclic) bond motifs is 3. The largest absolute Gasteiger partial charge is 0.360 e. The number of benzene rings is 2. The summed E-state index contributed by atoms with van der Waals surface area (Å²) in [7, 11) is 2.07. The first-order chi connectivity index (χ1) is 15.5. The number of nitrogens with zero attached hydrogens (tertiary/aromatic N) is 3. The van der Waals surface area contributed by atoms with Crippen molar-refractivity contribution in [2.45, 2.75) is 13.5 Å². The molecule has 3 N–H and O–H groups in total. The van der Waals surface area contributed by atoms with Gasteiger partial charge in [0, 0.05) is 25.3 Å². The molecule has 0 unspecified atom stereocenters. The van der Waals surface area contributed by atoms with E-state index in [1.54, 1.807) is 22.7 Å². The number of aromatic nitrogens is 2. The average molecular weight is 469 g/mol. The quantitative estimate of drug-likeness (QED) is 0.308. The highest BCUT2D eigenvalue weighted by molar-refractivity contribution is 7.24. The van der Waals surface area contributed by atoms with Gasteiger partial charge in [-0.1, -0.05) is 23.5 Å². The number of carbonyl (C=O) groups excluding carboxylic acids is 2. The zero-order valence-corrected chi connectivity index (χ0v) is 19.5. The van der Waals surface area contributed by atoms with Crippen LogP contribution in [0.25, 0.3) is 20.4 Å². The molecule has 0 spiro atoms. The van der Waals surface area contributed by atoms with E-state index in [2.05, 4.69) is 45.0 Å². The zero-order valence-electron chi connectivity index (χ0n) is 17.8. The molecule has 10 heteroatoms. The first-order valence-electron chi connectivity index (χ1n) is 10.2. The van der Waals surface area contributed by atoms with Crippen molar-refractivity contribution in [1.29, 1.82) is 0 Å². The van der Waals surface area contributed by atoms with Gasteiger partial charge in [0.25, 0.3) is 0 Å². The molecule has 0 saturated heterocycles. The fraction of sp³-hybridized carbons (Fsp3) is 0.273. The van der Waals surface area contributed by atoms with Crippen molar-refractivity contribution in [1.82, 2.24) is 20.2 Å². The number of hydrogen-bond donors (Lipinski definition) is 3. The molecular formula is C22H24N6O2S2. The summed E-state index contributed by atoms with van der Waals surface area (Å²) in [5.74, 6) is -0.256. The molecule has 4 rings (SSSR count). The monoisotopic (exact) mass is 468 g/mol. The molecule has 0 radical (unpaired) electrons. The van der Waals surface area contributed by atoms with Crippen molar-refractivity contribution < 1.29 is 9.59 Å². The highest BCUT2D eigenvalue weighted by atomic mass is 32.1. The molecule has 2 aromatic carbocycles. The second kappa shape index (κ2) is 10.0. The minimum Gasteiger partial charge on any atom is -0.360 e. The van der Waals surface area contributed by atoms with Gasteiger partial charge in [0.15, 0.2) is 5.13 Å². The van der Waals surface area contributed by atoms with Crippen molar-refractivity contribution in [3.8, 4) is 0 Å². The van der Waals surface area contributed by atoms with Crippen molar-refractivity contribution in [3.63, 3.8) is 0 Å². The van der Waals surface area contributed by atoms with E-state index in [9.17, 15) is 9.59 Å². The van der Waals surface area contributed by atoms with E-state index in [1.165, 1.54) is 4.70 Å². The van der Waals surface area contributed by atoms with Crippen molar-refractivity contribution in [2.75, 3.05) is 37.3 Å². The van der Waals surface area contributed by atoms with E-state index in [4.69, 9.17) is 4.98 Å². The normalized spacial score (nSPS) is 11.2. The summed E-state index contributed by atoms with van der Waals surface area (Å²) >= 11 is 3.36. The van der Waals surface area contributed by atoms with E-state index in [0.717, 1.165) is 51.1 Å². The van der Waals surface area contributed by atoms with Crippen molar-refractivity contribution in [3.05, 3.63) is 47.0 Å². The van der Waals surface area contributed by atoms with Crippen LogP contribution in [0.3, 0.4) is 0 Å². The van der Waals surface area contributed by atoms with Gasteiger partial charge in [0.05, 0.1) is 26.5 Å². The highest BCUT2D eigenvalue weighted by Gasteiger charge is 2.11. The predicted molar refractivity (Wildman–Crippen MR) is 131 cm³/mol. The average Bonchev–Trinajstić information content (AvgIpc) is 3.35. The molecule has 32 heavy (non-hydrogen) atoms. The van der Waals surface area contributed by atoms with Crippen LogP contribution < -0.4 is 16.0 Å². The summed E-state index contributed by atoms with van der Waals surface area (Å²) in [6.45, 7) is 4.43. The van der Waals surface area contributed by atoms with Gasteiger partial charge in [-0.05, 0) is 43.8 Å². The first kappa shape index (κ1) is 22.1. The Hall–Kier alpha value is -3.08. The Morgan fingerprint density at radius 1 is 1.12 bits per heavy atom. The summed E-state index contributed by atoms with van der Waals surface area (Å²) < 4.78 is 2.34. The van der Waals surface area contributed by atoms with Crippen LogP contribution in [0.5, 0.6) is 0 Å². The molecule has 8 nitrogen and oxygen atoms in total. The van der Waals surface area contributed by atoms with E-state index in [0.29, 0.717) is 12.1 Å². The Morgan fingerprint density at radius 2 is 1.94 bits per heavy atom. The first-order valence-corrected chi connectivity index (χ1v) is 11.8. The third-order valence-corrected chi connectivity index (χ3v) is 6.80. The SMILES string of the molecule is Cc1nc2c(ccc3nc(NCCN(C)Cc4ccc(NC(=O)CNC=O)cc4)sc32)s1. The van der Waals surface area contributed by atoms with Gasteiger partial charge in [-0.3, -0.25) is 9.59 Å². The van der Waals surface area contributed by atoms with Gasteiger partial charge in [-0.15, -0.1) is 11.3 Å². The zero-order chi connectivity index (χ0) is 22.5. The summed E-state index contributed by atoms with van der Waals surface area (Å²) in [5.41, 5.74) is 3.89. The molecule has 0 aliphatic carbocycles. The van der Waals surface area contributed by atoms with E-state index < -0.39 is 0 Å². The fourth-order valence-electron chi connectivity index (χ4n) is 3.34. The Bertz CT molecular complexity index is 1230. The maximum absolute atomic E-state index is 11.6. The maximum Gasteiger partial charge on any atom is 0.243 e. The Kier molecular flexibility index (Phi) is 6.93. The molecule has 0 atom stereocenters. The standard InChI is InChI=1S/C22H24N6O2S2/c1-14-25-20-18(31-14)8-7-17-21(20)32-22(27-17)24-9-10-28(2)12-15-3-5-16(6-4-15)26-19(30)11-23-13-29/h3-8,13H,9-12H2,1-2H3,(H,23,29)(H,24,27)(H,26,30). The molecule has 4 aromatic rings. The lowest BCUT2D eigenvalue weighted by atomic mass is 10.2. The lowest BCUT2D eigenvalue weighted by molar-refractivity contribution is -0.118. The highest BCUT2D eigenvalue weighted by Crippen LogP contribution is 2.34. The third kappa shape index (κ3) is 5.39. The number of rotatable bonds is 10. The lowest BCUT2D eigenvalue weighted by Crippen LogP contribution is -2.27. The number of carbonyl (C=O) groups is 2. The maximum atomic E-state index is 11.6. The summed E-state index contributed by atoms with van der Waals surface area (Å²) in [6.07, 6.45) is 0.505. The number of amides is 2. The topological polar surface area (TPSA) is 99.2 Å². The molecule has 2 aromatic heterocycles. The Morgan fingerprint density at radius 3 is 2.72 bits per heavy atom. The summed E-state index contributed by atoms with van der Waals surface area (Å²) in [4.78, 5) is 33.5. The Balaban J connectivity index is 1.27. The Labute approximate surface area is 193 Å². The minimum atomic E-state index is -0.256.